The van der Waals surface area contributed by atoms with Gasteiger partial charge in [-0.25, -0.2) is 8.78 Å². The molecular formula is C12H12F2N2O. The van der Waals surface area contributed by atoms with Crippen molar-refractivity contribution in [1.29, 1.82) is 0 Å². The summed E-state index contributed by atoms with van der Waals surface area (Å²) in [7, 11) is 0. The molecule has 0 bridgehead atoms. The third-order valence-corrected chi connectivity index (χ3v) is 3.41. The summed E-state index contributed by atoms with van der Waals surface area (Å²) < 4.78 is 32.4. The Morgan fingerprint density at radius 3 is 2.88 bits per heavy atom. The summed E-state index contributed by atoms with van der Waals surface area (Å²) in [5.41, 5.74) is 5.92. The predicted octanol–water partition coefficient (Wildman–Crippen LogP) is 2.53. The molecule has 3 rings (SSSR count). The number of nitrogens with zero attached hydrogens (tertiary/aromatic N) is 1. The number of benzene rings is 1. The molecule has 1 aliphatic rings. The second-order valence-electron chi connectivity index (χ2n) is 4.75. The minimum absolute atomic E-state index is 0.0809. The maximum atomic E-state index is 14.0. The van der Waals surface area contributed by atoms with Crippen molar-refractivity contribution in [1.82, 2.24) is 5.16 Å². The summed E-state index contributed by atoms with van der Waals surface area (Å²) in [6.45, 7) is 0. The molecule has 0 radical (unpaired) electrons. The normalized spacial score (nSPS) is 17.6. The molecule has 1 aliphatic carbocycles. The van der Waals surface area contributed by atoms with Crippen molar-refractivity contribution in [3.8, 4) is 0 Å². The molecule has 2 aromatic rings. The van der Waals surface area contributed by atoms with E-state index in [2.05, 4.69) is 5.16 Å². The minimum Gasteiger partial charge on any atom is -0.356 e. The summed E-state index contributed by atoms with van der Waals surface area (Å²) >= 11 is 0. The topological polar surface area (TPSA) is 52.0 Å². The number of hydrogen-bond acceptors (Lipinski definition) is 3. The zero-order valence-electron chi connectivity index (χ0n) is 9.17. The first-order chi connectivity index (χ1) is 8.09. The second kappa shape index (κ2) is 3.50. The van der Waals surface area contributed by atoms with Gasteiger partial charge in [-0.15, -0.1) is 0 Å². The fourth-order valence-electron chi connectivity index (χ4n) is 2.00. The van der Waals surface area contributed by atoms with Gasteiger partial charge in [0.2, 0.25) is 0 Å². The van der Waals surface area contributed by atoms with E-state index in [-0.39, 0.29) is 22.1 Å². The fraction of sp³-hybridized carbons (Fsp3) is 0.417. The highest BCUT2D eigenvalue weighted by Crippen LogP contribution is 2.37. The van der Waals surface area contributed by atoms with Crippen molar-refractivity contribution in [2.24, 2.45) is 5.73 Å². The fourth-order valence-corrected chi connectivity index (χ4v) is 2.00. The Kier molecular flexibility index (Phi) is 2.19. The van der Waals surface area contributed by atoms with Crippen LogP contribution < -0.4 is 5.73 Å². The SMILES string of the molecule is NC1(CCc2c(F)cc3oncc3c2F)CC1. The first-order valence-corrected chi connectivity index (χ1v) is 5.59. The van der Waals surface area contributed by atoms with Crippen LogP contribution >= 0.6 is 0 Å². The molecule has 0 saturated heterocycles. The van der Waals surface area contributed by atoms with Crippen LogP contribution in [0.3, 0.4) is 0 Å². The standard InChI is InChI=1S/C12H12F2N2O/c13-9-5-10-8(6-16-17-10)11(14)7(9)1-2-12(15)3-4-12/h5-6H,1-4,15H2. The molecule has 0 spiro atoms. The van der Waals surface area contributed by atoms with Crippen molar-refractivity contribution >= 4 is 11.0 Å². The second-order valence-corrected chi connectivity index (χ2v) is 4.75. The Bertz CT molecular complexity index is 575. The van der Waals surface area contributed by atoms with E-state index in [1.807, 2.05) is 0 Å². The van der Waals surface area contributed by atoms with Crippen LogP contribution in [0.5, 0.6) is 0 Å². The molecule has 3 nitrogen and oxygen atoms in total. The number of nitrogens with two attached hydrogens (primary N) is 1. The van der Waals surface area contributed by atoms with Crippen molar-refractivity contribution in [3.05, 3.63) is 29.5 Å². The van der Waals surface area contributed by atoms with Gasteiger partial charge >= 0.3 is 0 Å². The smallest absolute Gasteiger partial charge is 0.172 e. The van der Waals surface area contributed by atoms with E-state index in [0.717, 1.165) is 12.8 Å². The van der Waals surface area contributed by atoms with Gasteiger partial charge in [0.25, 0.3) is 0 Å². The molecule has 1 saturated carbocycles. The highest BCUT2D eigenvalue weighted by Gasteiger charge is 2.37. The molecule has 2 N–H and O–H groups in total. The maximum absolute atomic E-state index is 14.0. The zero-order valence-corrected chi connectivity index (χ0v) is 9.17. The average Bonchev–Trinajstić information content (AvgIpc) is 2.84. The summed E-state index contributed by atoms with van der Waals surface area (Å²) in [5, 5.41) is 3.68. The lowest BCUT2D eigenvalue weighted by atomic mass is 10.0. The van der Waals surface area contributed by atoms with E-state index in [1.165, 1.54) is 12.3 Å². The van der Waals surface area contributed by atoms with E-state index in [9.17, 15) is 8.78 Å². The van der Waals surface area contributed by atoms with Gasteiger partial charge in [0.1, 0.15) is 11.6 Å². The average molecular weight is 238 g/mol. The van der Waals surface area contributed by atoms with Crippen molar-refractivity contribution in [2.75, 3.05) is 0 Å². The van der Waals surface area contributed by atoms with Gasteiger partial charge in [0.05, 0.1) is 11.6 Å². The highest BCUT2D eigenvalue weighted by atomic mass is 19.1. The summed E-state index contributed by atoms with van der Waals surface area (Å²) in [6.07, 6.45) is 4.06. The van der Waals surface area contributed by atoms with Crippen LogP contribution in [-0.4, -0.2) is 10.7 Å². The lowest BCUT2D eigenvalue weighted by molar-refractivity contribution is 0.453. The third kappa shape index (κ3) is 1.80. The van der Waals surface area contributed by atoms with Crippen LogP contribution in [-0.2, 0) is 6.42 Å². The first kappa shape index (κ1) is 10.7. The van der Waals surface area contributed by atoms with Gasteiger partial charge in [-0.2, -0.15) is 0 Å². The molecular weight excluding hydrogens is 226 g/mol. The lowest BCUT2D eigenvalue weighted by Gasteiger charge is -2.09. The van der Waals surface area contributed by atoms with Crippen molar-refractivity contribution in [3.63, 3.8) is 0 Å². The molecule has 0 unspecified atom stereocenters. The quantitative estimate of drug-likeness (QED) is 0.893. The monoisotopic (exact) mass is 238 g/mol. The van der Waals surface area contributed by atoms with Crippen molar-refractivity contribution < 1.29 is 13.3 Å². The number of rotatable bonds is 3. The Labute approximate surface area is 96.6 Å². The predicted molar refractivity (Wildman–Crippen MR) is 58.4 cm³/mol. The molecule has 0 amide bonds. The maximum Gasteiger partial charge on any atom is 0.172 e. The number of hydrogen-bond donors (Lipinski definition) is 1. The van der Waals surface area contributed by atoms with Crippen LogP contribution in [0, 0.1) is 11.6 Å². The number of fused-ring (bicyclic) bond motifs is 1. The van der Waals surface area contributed by atoms with Crippen molar-refractivity contribution in [2.45, 2.75) is 31.2 Å². The first-order valence-electron chi connectivity index (χ1n) is 5.59. The minimum atomic E-state index is -0.587. The van der Waals surface area contributed by atoms with Gasteiger partial charge < -0.3 is 10.3 Å². The van der Waals surface area contributed by atoms with Crippen LogP contribution in [0.2, 0.25) is 0 Å². The molecule has 1 fully saturated rings. The number of aromatic nitrogens is 1. The van der Waals surface area contributed by atoms with E-state index >= 15 is 0 Å². The Hall–Kier alpha value is -1.49. The van der Waals surface area contributed by atoms with Crippen LogP contribution in [0.15, 0.2) is 16.8 Å². The molecule has 17 heavy (non-hydrogen) atoms. The van der Waals surface area contributed by atoms with Crippen LogP contribution in [0.25, 0.3) is 11.0 Å². The largest absolute Gasteiger partial charge is 0.356 e. The molecule has 90 valence electrons. The van der Waals surface area contributed by atoms with E-state index in [1.54, 1.807) is 0 Å². The molecule has 0 aliphatic heterocycles. The number of halogens is 2. The Morgan fingerprint density at radius 1 is 1.41 bits per heavy atom. The van der Waals surface area contributed by atoms with Gasteiger partial charge in [0, 0.05) is 17.2 Å². The highest BCUT2D eigenvalue weighted by molar-refractivity contribution is 5.77. The summed E-state index contributed by atoms with van der Waals surface area (Å²) in [4.78, 5) is 0. The molecule has 1 aromatic heterocycles. The lowest BCUT2D eigenvalue weighted by Crippen LogP contribution is -2.22. The molecule has 5 heteroatoms. The van der Waals surface area contributed by atoms with E-state index in [0.29, 0.717) is 12.8 Å². The van der Waals surface area contributed by atoms with Gasteiger partial charge in [-0.3, -0.25) is 0 Å². The molecule has 0 atom stereocenters. The van der Waals surface area contributed by atoms with Crippen LogP contribution in [0.1, 0.15) is 24.8 Å². The third-order valence-electron chi connectivity index (χ3n) is 3.41. The van der Waals surface area contributed by atoms with E-state index in [4.69, 9.17) is 10.3 Å². The van der Waals surface area contributed by atoms with Gasteiger partial charge in [-0.1, -0.05) is 5.16 Å². The van der Waals surface area contributed by atoms with Crippen LogP contribution in [0.4, 0.5) is 8.78 Å². The summed E-state index contributed by atoms with van der Waals surface area (Å²) in [5.74, 6) is -1.17. The zero-order chi connectivity index (χ0) is 12.0. The molecule has 1 aromatic carbocycles. The van der Waals surface area contributed by atoms with Gasteiger partial charge in [0.15, 0.2) is 5.58 Å². The molecule has 1 heterocycles. The Morgan fingerprint density at radius 2 is 2.18 bits per heavy atom. The Balaban J connectivity index is 1.96. The van der Waals surface area contributed by atoms with E-state index < -0.39 is 11.6 Å². The van der Waals surface area contributed by atoms with Gasteiger partial charge in [-0.05, 0) is 25.7 Å². The summed E-state index contributed by atoms with van der Waals surface area (Å²) in [6, 6.07) is 1.18.